The molecule has 26 heavy (non-hydrogen) atoms. The van der Waals surface area contributed by atoms with Crippen LogP contribution in [0.15, 0.2) is 46.9 Å². The lowest BCUT2D eigenvalue weighted by Gasteiger charge is -2.30. The van der Waals surface area contributed by atoms with Gasteiger partial charge in [-0.15, -0.1) is 0 Å². The fourth-order valence-electron chi connectivity index (χ4n) is 2.68. The van der Waals surface area contributed by atoms with E-state index in [9.17, 15) is 13.2 Å². The van der Waals surface area contributed by atoms with Crippen molar-refractivity contribution < 1.29 is 13.2 Å². The van der Waals surface area contributed by atoms with Crippen LogP contribution in [0.2, 0.25) is 0 Å². The minimum absolute atomic E-state index is 0.350. The topological polar surface area (TPSA) is 66.5 Å². The Morgan fingerprint density at radius 1 is 1.12 bits per heavy atom. The van der Waals surface area contributed by atoms with Gasteiger partial charge in [-0.2, -0.15) is 0 Å². The van der Waals surface area contributed by atoms with Gasteiger partial charge in [-0.05, 0) is 67.8 Å². The monoisotopic (exact) mass is 438 g/mol. The summed E-state index contributed by atoms with van der Waals surface area (Å²) in [5, 5.41) is 2.80. The van der Waals surface area contributed by atoms with Gasteiger partial charge in [0.25, 0.3) is 0 Å². The number of anilines is 2. The first kappa shape index (κ1) is 20.5. The molecule has 0 saturated carbocycles. The van der Waals surface area contributed by atoms with Crippen molar-refractivity contribution in [1.29, 1.82) is 0 Å². The molecule has 0 fully saturated rings. The summed E-state index contributed by atoms with van der Waals surface area (Å²) >= 11 is 3.35. The van der Waals surface area contributed by atoms with Crippen molar-refractivity contribution in [2.45, 2.75) is 33.2 Å². The predicted octanol–water partition coefficient (Wildman–Crippen LogP) is 4.25. The Balaban J connectivity index is 2.39. The Morgan fingerprint density at radius 2 is 1.73 bits per heavy atom. The van der Waals surface area contributed by atoms with E-state index in [0.29, 0.717) is 17.8 Å². The minimum atomic E-state index is -3.64. The van der Waals surface area contributed by atoms with Crippen LogP contribution in [-0.4, -0.2) is 26.6 Å². The second-order valence-electron chi connectivity index (χ2n) is 6.25. The van der Waals surface area contributed by atoms with E-state index in [0.717, 1.165) is 21.9 Å². The third-order valence-electron chi connectivity index (χ3n) is 4.19. The van der Waals surface area contributed by atoms with Crippen LogP contribution in [-0.2, 0) is 14.8 Å². The van der Waals surface area contributed by atoms with Crippen molar-refractivity contribution in [2.75, 3.05) is 15.9 Å². The van der Waals surface area contributed by atoms with Crippen LogP contribution < -0.4 is 9.62 Å². The molecule has 0 unspecified atom stereocenters. The molecular formula is C19H23BrN2O3S. The molecule has 0 heterocycles. The van der Waals surface area contributed by atoms with Crippen molar-refractivity contribution in [3.05, 3.63) is 58.1 Å². The molecule has 0 aliphatic rings. The minimum Gasteiger partial charge on any atom is -0.324 e. The molecule has 140 valence electrons. The number of aryl methyl sites for hydroxylation is 2. The van der Waals surface area contributed by atoms with Gasteiger partial charge in [0.2, 0.25) is 15.9 Å². The van der Waals surface area contributed by atoms with E-state index in [1.807, 2.05) is 32.0 Å². The van der Waals surface area contributed by atoms with Crippen LogP contribution in [0.3, 0.4) is 0 Å². The van der Waals surface area contributed by atoms with Crippen LogP contribution in [0.4, 0.5) is 11.4 Å². The number of rotatable bonds is 6. The van der Waals surface area contributed by atoms with Gasteiger partial charge in [-0.3, -0.25) is 9.10 Å². The maximum Gasteiger partial charge on any atom is 0.248 e. The van der Waals surface area contributed by atoms with Gasteiger partial charge in [0.15, 0.2) is 0 Å². The number of hydrogen-bond donors (Lipinski definition) is 1. The number of carbonyl (C=O) groups excluding carboxylic acids is 1. The smallest absolute Gasteiger partial charge is 0.248 e. The fourth-order valence-corrected chi connectivity index (χ4v) is 4.15. The van der Waals surface area contributed by atoms with Crippen LogP contribution >= 0.6 is 15.9 Å². The number of halogens is 1. The molecule has 0 spiro atoms. The molecule has 0 bridgehead atoms. The number of hydrogen-bond acceptors (Lipinski definition) is 3. The number of carbonyl (C=O) groups is 1. The Bertz CT molecular complexity index is 896. The first-order chi connectivity index (χ1) is 12.1. The molecule has 2 rings (SSSR count). The number of nitrogens with one attached hydrogen (secondary N) is 1. The lowest BCUT2D eigenvalue weighted by atomic mass is 10.1. The van der Waals surface area contributed by atoms with E-state index >= 15 is 0 Å². The van der Waals surface area contributed by atoms with Gasteiger partial charge in [-0.25, -0.2) is 8.42 Å². The lowest BCUT2D eigenvalue weighted by molar-refractivity contribution is -0.117. The van der Waals surface area contributed by atoms with Crippen molar-refractivity contribution in [3.63, 3.8) is 0 Å². The molecule has 0 saturated heterocycles. The Kier molecular flexibility index (Phi) is 6.47. The molecular weight excluding hydrogens is 416 g/mol. The van der Waals surface area contributed by atoms with E-state index in [2.05, 4.69) is 21.2 Å². The second-order valence-corrected chi connectivity index (χ2v) is 9.02. The summed E-state index contributed by atoms with van der Waals surface area (Å²) in [4.78, 5) is 12.8. The van der Waals surface area contributed by atoms with E-state index < -0.39 is 16.1 Å². The molecule has 1 N–H and O–H groups in total. The summed E-state index contributed by atoms with van der Waals surface area (Å²) in [6, 6.07) is 11.7. The molecule has 0 aliphatic carbocycles. The second kappa shape index (κ2) is 8.22. The summed E-state index contributed by atoms with van der Waals surface area (Å²) in [5.74, 6) is -0.363. The molecule has 1 atom stereocenters. The highest BCUT2D eigenvalue weighted by molar-refractivity contribution is 9.10. The zero-order valence-electron chi connectivity index (χ0n) is 15.3. The maximum atomic E-state index is 12.8. The molecule has 5 nitrogen and oxygen atoms in total. The van der Waals surface area contributed by atoms with Gasteiger partial charge in [0.05, 0.1) is 11.9 Å². The van der Waals surface area contributed by atoms with Crippen molar-refractivity contribution in [1.82, 2.24) is 0 Å². The van der Waals surface area contributed by atoms with Crippen molar-refractivity contribution in [3.8, 4) is 0 Å². The highest BCUT2D eigenvalue weighted by Gasteiger charge is 2.31. The van der Waals surface area contributed by atoms with Gasteiger partial charge >= 0.3 is 0 Å². The summed E-state index contributed by atoms with van der Waals surface area (Å²) in [5.41, 5.74) is 3.15. The zero-order chi connectivity index (χ0) is 19.5. The third kappa shape index (κ3) is 4.86. The number of sulfonamides is 1. The maximum absolute atomic E-state index is 12.8. The van der Waals surface area contributed by atoms with Gasteiger partial charge in [0, 0.05) is 10.2 Å². The highest BCUT2D eigenvalue weighted by Crippen LogP contribution is 2.26. The molecule has 0 radical (unpaired) electrons. The number of benzene rings is 2. The van der Waals surface area contributed by atoms with Crippen molar-refractivity contribution >= 4 is 43.2 Å². The third-order valence-corrected chi connectivity index (χ3v) is 5.90. The molecule has 1 amide bonds. The predicted molar refractivity (Wildman–Crippen MR) is 110 cm³/mol. The van der Waals surface area contributed by atoms with Crippen LogP contribution in [0.25, 0.3) is 0 Å². The first-order valence-corrected chi connectivity index (χ1v) is 10.9. The average molecular weight is 439 g/mol. The Morgan fingerprint density at radius 3 is 2.23 bits per heavy atom. The zero-order valence-corrected chi connectivity index (χ0v) is 17.7. The van der Waals surface area contributed by atoms with Gasteiger partial charge < -0.3 is 5.32 Å². The van der Waals surface area contributed by atoms with E-state index in [4.69, 9.17) is 0 Å². The molecule has 0 aromatic heterocycles. The summed E-state index contributed by atoms with van der Waals surface area (Å²) in [7, 11) is -3.64. The van der Waals surface area contributed by atoms with E-state index in [1.165, 1.54) is 4.31 Å². The number of nitrogens with zero attached hydrogens (tertiary/aromatic N) is 1. The highest BCUT2D eigenvalue weighted by atomic mass is 79.9. The molecule has 2 aromatic rings. The first-order valence-electron chi connectivity index (χ1n) is 8.26. The lowest BCUT2D eigenvalue weighted by Crippen LogP contribution is -2.47. The Labute approximate surface area is 163 Å². The largest absolute Gasteiger partial charge is 0.324 e. The van der Waals surface area contributed by atoms with Crippen LogP contribution in [0.5, 0.6) is 0 Å². The average Bonchev–Trinajstić information content (AvgIpc) is 2.56. The summed E-state index contributed by atoms with van der Waals surface area (Å²) in [6.45, 7) is 5.68. The van der Waals surface area contributed by atoms with E-state index in [-0.39, 0.29) is 5.91 Å². The standard InChI is InChI=1S/C19H23BrN2O3S/c1-5-18(19(23)21-16-9-7-15(20)8-10-16)22(26(4,24)25)17-11-6-13(2)14(3)12-17/h6-12,18H,5H2,1-4H3,(H,21,23)/t18-/m1/s1. The van der Waals surface area contributed by atoms with Gasteiger partial charge in [0.1, 0.15) is 6.04 Å². The molecule has 2 aromatic carbocycles. The van der Waals surface area contributed by atoms with Crippen LogP contribution in [0, 0.1) is 13.8 Å². The Hall–Kier alpha value is -1.86. The summed E-state index contributed by atoms with van der Waals surface area (Å²) < 4.78 is 27.0. The molecule has 7 heteroatoms. The SMILES string of the molecule is CC[C@H](C(=O)Nc1ccc(Br)cc1)N(c1ccc(C)c(C)c1)S(C)(=O)=O. The number of amides is 1. The van der Waals surface area contributed by atoms with E-state index in [1.54, 1.807) is 31.2 Å². The van der Waals surface area contributed by atoms with Crippen LogP contribution in [0.1, 0.15) is 24.5 Å². The fraction of sp³-hybridized carbons (Fsp3) is 0.316. The molecule has 0 aliphatic heterocycles. The van der Waals surface area contributed by atoms with Gasteiger partial charge in [-0.1, -0.05) is 28.9 Å². The summed E-state index contributed by atoms with van der Waals surface area (Å²) in [6.07, 6.45) is 1.47. The quantitative estimate of drug-likeness (QED) is 0.732. The normalized spacial score (nSPS) is 12.5. The van der Waals surface area contributed by atoms with Crippen molar-refractivity contribution in [2.24, 2.45) is 0 Å².